The molecule has 4 nitrogen and oxygen atoms in total. The molecule has 1 aliphatic heterocycles. The van der Waals surface area contributed by atoms with Gasteiger partial charge in [-0.25, -0.2) is 0 Å². The molecule has 0 bridgehead atoms. The van der Waals surface area contributed by atoms with Crippen molar-refractivity contribution >= 4 is 17.5 Å². The number of carbonyl (C=O) groups excluding carboxylic acids is 2. The lowest BCUT2D eigenvalue weighted by molar-refractivity contribution is 0.0761. The Balaban J connectivity index is 1.75. The highest BCUT2D eigenvalue weighted by atomic mass is 16.2. The third kappa shape index (κ3) is 4.31. The third-order valence-electron chi connectivity index (χ3n) is 4.91. The van der Waals surface area contributed by atoms with Crippen molar-refractivity contribution in [2.45, 2.75) is 39.0 Å². The van der Waals surface area contributed by atoms with Crippen LogP contribution in [0, 0.1) is 0 Å². The average Bonchev–Trinajstić information content (AvgIpc) is 2.97. The molecular weight excluding hydrogens is 324 g/mol. The Bertz CT molecular complexity index is 777. The number of benzene rings is 2. The van der Waals surface area contributed by atoms with Gasteiger partial charge < -0.3 is 10.2 Å². The zero-order valence-corrected chi connectivity index (χ0v) is 15.3. The number of carbonyl (C=O) groups is 2. The highest BCUT2D eigenvalue weighted by Crippen LogP contribution is 2.18. The molecule has 0 spiro atoms. The maximum Gasteiger partial charge on any atom is 0.255 e. The van der Waals surface area contributed by atoms with Gasteiger partial charge in [0.15, 0.2) is 0 Å². The molecular formula is C22H26N2O2. The molecule has 2 amide bonds. The first kappa shape index (κ1) is 18.2. The van der Waals surface area contributed by atoms with Crippen LogP contribution in [0.25, 0.3) is 0 Å². The van der Waals surface area contributed by atoms with Crippen LogP contribution in [-0.2, 0) is 6.42 Å². The first-order valence-electron chi connectivity index (χ1n) is 9.47. The number of rotatable bonds is 4. The predicted octanol–water partition coefficient (Wildman–Crippen LogP) is 4.52. The lowest BCUT2D eigenvalue weighted by Gasteiger charge is -2.20. The summed E-state index contributed by atoms with van der Waals surface area (Å²) in [5.74, 6) is -0.160. The maximum atomic E-state index is 12.8. The summed E-state index contributed by atoms with van der Waals surface area (Å²) in [5, 5.41) is 2.97. The molecule has 0 aromatic heterocycles. The lowest BCUT2D eigenvalue weighted by atomic mass is 10.1. The Morgan fingerprint density at radius 1 is 0.923 bits per heavy atom. The molecule has 1 N–H and O–H groups in total. The van der Waals surface area contributed by atoms with E-state index in [0.717, 1.165) is 43.6 Å². The Morgan fingerprint density at radius 2 is 1.62 bits per heavy atom. The first-order chi connectivity index (χ1) is 12.7. The Morgan fingerprint density at radius 3 is 2.35 bits per heavy atom. The number of amides is 2. The topological polar surface area (TPSA) is 49.4 Å². The monoisotopic (exact) mass is 350 g/mol. The van der Waals surface area contributed by atoms with E-state index in [0.29, 0.717) is 11.1 Å². The van der Waals surface area contributed by atoms with E-state index in [1.807, 2.05) is 29.2 Å². The fraction of sp³-hybridized carbons (Fsp3) is 0.364. The molecule has 2 aromatic rings. The summed E-state index contributed by atoms with van der Waals surface area (Å²) in [4.78, 5) is 27.3. The van der Waals surface area contributed by atoms with Gasteiger partial charge in [0.25, 0.3) is 11.8 Å². The Labute approximate surface area is 155 Å². The van der Waals surface area contributed by atoms with Crippen LogP contribution in [0.2, 0.25) is 0 Å². The van der Waals surface area contributed by atoms with Crippen molar-refractivity contribution in [2.24, 2.45) is 0 Å². The van der Waals surface area contributed by atoms with Crippen molar-refractivity contribution in [2.75, 3.05) is 18.4 Å². The van der Waals surface area contributed by atoms with E-state index in [4.69, 9.17) is 0 Å². The highest BCUT2D eigenvalue weighted by Gasteiger charge is 2.18. The van der Waals surface area contributed by atoms with Gasteiger partial charge in [-0.3, -0.25) is 9.59 Å². The molecule has 0 saturated carbocycles. The van der Waals surface area contributed by atoms with Crippen LogP contribution in [0.5, 0.6) is 0 Å². The molecule has 0 aliphatic carbocycles. The summed E-state index contributed by atoms with van der Waals surface area (Å²) in [6, 6.07) is 14.8. The summed E-state index contributed by atoms with van der Waals surface area (Å²) in [6.45, 7) is 3.67. The summed E-state index contributed by atoms with van der Waals surface area (Å²) in [5.41, 5.74) is 3.02. The molecule has 1 aliphatic rings. The number of nitrogens with one attached hydrogen (secondary N) is 1. The van der Waals surface area contributed by atoms with Crippen molar-refractivity contribution in [1.29, 1.82) is 0 Å². The zero-order chi connectivity index (χ0) is 18.4. The normalized spacial score (nSPS) is 14.6. The van der Waals surface area contributed by atoms with E-state index in [-0.39, 0.29) is 11.8 Å². The standard InChI is InChI=1S/C22H26N2O2/c1-2-17-10-5-6-13-20(17)23-21(25)18-11-9-12-19(16-18)22(26)24-14-7-3-4-8-15-24/h5-6,9-13,16H,2-4,7-8,14-15H2,1H3,(H,23,25). The fourth-order valence-electron chi connectivity index (χ4n) is 3.39. The number of nitrogens with zero attached hydrogens (tertiary/aromatic N) is 1. The van der Waals surface area contributed by atoms with Crippen molar-refractivity contribution in [3.8, 4) is 0 Å². The summed E-state index contributed by atoms with van der Waals surface area (Å²) >= 11 is 0. The quantitative estimate of drug-likeness (QED) is 0.881. The fourth-order valence-corrected chi connectivity index (χ4v) is 3.39. The minimum Gasteiger partial charge on any atom is -0.339 e. The average molecular weight is 350 g/mol. The first-order valence-corrected chi connectivity index (χ1v) is 9.47. The molecule has 136 valence electrons. The van der Waals surface area contributed by atoms with Gasteiger partial charge in [0.1, 0.15) is 0 Å². The van der Waals surface area contributed by atoms with Crippen molar-refractivity contribution in [3.63, 3.8) is 0 Å². The van der Waals surface area contributed by atoms with Crippen molar-refractivity contribution in [1.82, 2.24) is 4.90 Å². The number of hydrogen-bond acceptors (Lipinski definition) is 2. The molecule has 1 fully saturated rings. The van der Waals surface area contributed by atoms with Crippen LogP contribution >= 0.6 is 0 Å². The van der Waals surface area contributed by atoms with Gasteiger partial charge in [-0.1, -0.05) is 44.0 Å². The van der Waals surface area contributed by atoms with E-state index < -0.39 is 0 Å². The van der Waals surface area contributed by atoms with E-state index in [2.05, 4.69) is 12.2 Å². The number of para-hydroxylation sites is 1. The van der Waals surface area contributed by atoms with Crippen LogP contribution in [-0.4, -0.2) is 29.8 Å². The molecule has 1 heterocycles. The third-order valence-corrected chi connectivity index (χ3v) is 4.91. The van der Waals surface area contributed by atoms with Gasteiger partial charge >= 0.3 is 0 Å². The number of aryl methyl sites for hydroxylation is 1. The molecule has 2 aromatic carbocycles. The summed E-state index contributed by atoms with van der Waals surface area (Å²) in [6.07, 6.45) is 5.33. The highest BCUT2D eigenvalue weighted by molar-refractivity contribution is 6.06. The van der Waals surface area contributed by atoms with Crippen LogP contribution < -0.4 is 5.32 Å². The second-order valence-corrected chi connectivity index (χ2v) is 6.75. The van der Waals surface area contributed by atoms with Crippen LogP contribution in [0.4, 0.5) is 5.69 Å². The van der Waals surface area contributed by atoms with Gasteiger partial charge in [0.2, 0.25) is 0 Å². The van der Waals surface area contributed by atoms with Crippen LogP contribution in [0.3, 0.4) is 0 Å². The van der Waals surface area contributed by atoms with Gasteiger partial charge in [0.05, 0.1) is 0 Å². The smallest absolute Gasteiger partial charge is 0.255 e. The second kappa shape index (κ2) is 8.65. The van der Waals surface area contributed by atoms with Gasteiger partial charge in [-0.15, -0.1) is 0 Å². The Hall–Kier alpha value is -2.62. The molecule has 1 saturated heterocycles. The van der Waals surface area contributed by atoms with E-state index in [1.54, 1.807) is 24.3 Å². The molecule has 3 rings (SSSR count). The minimum atomic E-state index is -0.184. The predicted molar refractivity (Wildman–Crippen MR) is 105 cm³/mol. The molecule has 26 heavy (non-hydrogen) atoms. The van der Waals surface area contributed by atoms with Crippen molar-refractivity contribution in [3.05, 3.63) is 65.2 Å². The molecule has 0 atom stereocenters. The van der Waals surface area contributed by atoms with Gasteiger partial charge in [-0.2, -0.15) is 0 Å². The number of anilines is 1. The molecule has 4 heteroatoms. The zero-order valence-electron chi connectivity index (χ0n) is 15.3. The summed E-state index contributed by atoms with van der Waals surface area (Å²) < 4.78 is 0. The van der Waals surface area contributed by atoms with E-state index in [9.17, 15) is 9.59 Å². The largest absolute Gasteiger partial charge is 0.339 e. The van der Waals surface area contributed by atoms with Crippen molar-refractivity contribution < 1.29 is 9.59 Å². The lowest BCUT2D eigenvalue weighted by Crippen LogP contribution is -2.32. The number of hydrogen-bond donors (Lipinski definition) is 1. The maximum absolute atomic E-state index is 12.8. The SMILES string of the molecule is CCc1ccccc1NC(=O)c1cccc(C(=O)N2CCCCCC2)c1. The number of likely N-dealkylation sites (tertiary alicyclic amines) is 1. The summed E-state index contributed by atoms with van der Waals surface area (Å²) in [7, 11) is 0. The molecule has 0 unspecified atom stereocenters. The van der Waals surface area contributed by atoms with E-state index in [1.165, 1.54) is 12.8 Å². The second-order valence-electron chi connectivity index (χ2n) is 6.75. The van der Waals surface area contributed by atoms with Gasteiger partial charge in [0, 0.05) is 29.9 Å². The van der Waals surface area contributed by atoms with Gasteiger partial charge in [-0.05, 0) is 49.1 Å². The van der Waals surface area contributed by atoms with Crippen LogP contribution in [0.15, 0.2) is 48.5 Å². The van der Waals surface area contributed by atoms with Crippen LogP contribution in [0.1, 0.15) is 58.9 Å². The minimum absolute atomic E-state index is 0.0236. The Kier molecular flexibility index (Phi) is 6.05. The molecule has 0 radical (unpaired) electrons. The van der Waals surface area contributed by atoms with E-state index >= 15 is 0 Å².